The van der Waals surface area contributed by atoms with Gasteiger partial charge in [0.05, 0.1) is 5.88 Å². The van der Waals surface area contributed by atoms with Crippen molar-refractivity contribution in [3.63, 3.8) is 0 Å². The smallest absolute Gasteiger partial charge is 0.252 e. The van der Waals surface area contributed by atoms with Crippen LogP contribution in [0.1, 0.15) is 40.8 Å². The van der Waals surface area contributed by atoms with Crippen molar-refractivity contribution < 1.29 is 9.62 Å². The molecular formula is C20H19N3O. The summed E-state index contributed by atoms with van der Waals surface area (Å²) in [6.07, 6.45) is 6.51. The first kappa shape index (κ1) is 13.9. The summed E-state index contributed by atoms with van der Waals surface area (Å²) in [5.41, 5.74) is 8.13. The minimum atomic E-state index is -0.131. The van der Waals surface area contributed by atoms with E-state index in [2.05, 4.69) is 11.9 Å². The molecule has 2 aliphatic carbocycles. The number of benzene rings is 1. The molecule has 0 spiro atoms. The minimum absolute atomic E-state index is 0.131. The van der Waals surface area contributed by atoms with Gasteiger partial charge in [-0.15, -0.1) is 0 Å². The fourth-order valence-corrected chi connectivity index (χ4v) is 4.31. The highest BCUT2D eigenvalue weighted by Crippen LogP contribution is 2.35. The van der Waals surface area contributed by atoms with Crippen LogP contribution < -0.4 is 9.62 Å². The Balaban J connectivity index is 1.83. The highest BCUT2D eigenvalue weighted by molar-refractivity contribution is 5.64. The van der Waals surface area contributed by atoms with E-state index < -0.39 is 0 Å². The van der Waals surface area contributed by atoms with Crippen LogP contribution in [0.15, 0.2) is 24.3 Å². The molecule has 4 nitrogen and oxygen atoms in total. The summed E-state index contributed by atoms with van der Waals surface area (Å²) in [5, 5.41) is 17.6. The Kier molecular flexibility index (Phi) is 2.90. The zero-order valence-electron chi connectivity index (χ0n) is 13.8. The van der Waals surface area contributed by atoms with Crippen LogP contribution in [0.4, 0.5) is 0 Å². The maximum atomic E-state index is 12.8. The topological polar surface area (TPSA) is 52.9 Å². The summed E-state index contributed by atoms with van der Waals surface area (Å²) in [7, 11) is 0. The lowest BCUT2D eigenvalue weighted by molar-refractivity contribution is -0.592. The molecule has 0 radical (unpaired) electrons. The highest BCUT2D eigenvalue weighted by atomic mass is 16.3. The van der Waals surface area contributed by atoms with Gasteiger partial charge >= 0.3 is 0 Å². The number of pyridine rings is 1. The molecule has 0 amide bonds. The van der Waals surface area contributed by atoms with Crippen LogP contribution in [0.5, 0.6) is 5.88 Å². The molecule has 3 aromatic rings. The molecule has 5 rings (SSSR count). The SMILES string of the molecule is Cc1ccc(-c2nc([O-])c3c4c(c5c([n+]3n2)CCC5)CCC4)cc1. The van der Waals surface area contributed by atoms with Crippen molar-refractivity contribution in [3.8, 4) is 17.3 Å². The average Bonchev–Trinajstić information content (AvgIpc) is 3.24. The first-order valence-corrected chi connectivity index (χ1v) is 8.76. The number of aryl methyl sites for hydroxylation is 3. The Bertz CT molecular complexity index is 977. The van der Waals surface area contributed by atoms with E-state index in [9.17, 15) is 5.11 Å². The molecule has 0 unspecified atom stereocenters. The van der Waals surface area contributed by atoms with E-state index in [-0.39, 0.29) is 5.88 Å². The van der Waals surface area contributed by atoms with E-state index in [0.29, 0.717) is 5.82 Å². The molecule has 0 saturated heterocycles. The monoisotopic (exact) mass is 317 g/mol. The van der Waals surface area contributed by atoms with Crippen molar-refractivity contribution in [3.05, 3.63) is 52.2 Å². The lowest BCUT2D eigenvalue weighted by atomic mass is 10.0. The number of hydrogen-bond donors (Lipinski definition) is 0. The fraction of sp³-hybridized carbons (Fsp3) is 0.350. The third-order valence-corrected chi connectivity index (χ3v) is 5.44. The lowest BCUT2D eigenvalue weighted by Crippen LogP contribution is -2.36. The normalized spacial score (nSPS) is 15.7. The van der Waals surface area contributed by atoms with Crippen LogP contribution in [-0.2, 0) is 25.7 Å². The van der Waals surface area contributed by atoms with Crippen LogP contribution in [0.3, 0.4) is 0 Å². The number of hydrogen-bond acceptors (Lipinski definition) is 3. The molecule has 24 heavy (non-hydrogen) atoms. The Morgan fingerprint density at radius 1 is 0.917 bits per heavy atom. The van der Waals surface area contributed by atoms with Crippen molar-refractivity contribution in [2.75, 3.05) is 0 Å². The Morgan fingerprint density at radius 3 is 2.46 bits per heavy atom. The highest BCUT2D eigenvalue weighted by Gasteiger charge is 2.33. The van der Waals surface area contributed by atoms with Crippen molar-refractivity contribution in [2.45, 2.75) is 45.4 Å². The summed E-state index contributed by atoms with van der Waals surface area (Å²) in [5.74, 6) is 0.401. The zero-order valence-corrected chi connectivity index (χ0v) is 13.8. The number of nitrogens with zero attached hydrogens (tertiary/aromatic N) is 3. The standard InChI is InChI=1S/C20H19N3O/c1-12-8-10-13(11-9-12)19-21-20(24)18-16-6-2-4-14(16)15-5-3-7-17(15)23(18)22-19/h8-11H,2-7H2,1H3. The third-order valence-electron chi connectivity index (χ3n) is 5.44. The van der Waals surface area contributed by atoms with Crippen LogP contribution in [0.2, 0.25) is 0 Å². The Morgan fingerprint density at radius 2 is 1.62 bits per heavy atom. The molecule has 2 heterocycles. The maximum Gasteiger partial charge on any atom is 0.252 e. The molecule has 0 aliphatic heterocycles. The minimum Gasteiger partial charge on any atom is -0.854 e. The maximum absolute atomic E-state index is 12.8. The molecule has 0 saturated carbocycles. The van der Waals surface area contributed by atoms with Gasteiger partial charge < -0.3 is 5.11 Å². The fourth-order valence-electron chi connectivity index (χ4n) is 4.31. The lowest BCUT2D eigenvalue weighted by Gasteiger charge is -2.12. The summed E-state index contributed by atoms with van der Waals surface area (Å²) < 4.78 is 1.93. The van der Waals surface area contributed by atoms with Gasteiger partial charge in [0.15, 0.2) is 0 Å². The number of rotatable bonds is 1. The van der Waals surface area contributed by atoms with E-state index >= 15 is 0 Å². The van der Waals surface area contributed by atoms with Gasteiger partial charge in [-0.3, -0.25) is 0 Å². The first-order chi connectivity index (χ1) is 11.7. The van der Waals surface area contributed by atoms with E-state index in [0.717, 1.165) is 49.6 Å². The second-order valence-electron chi connectivity index (χ2n) is 6.96. The van der Waals surface area contributed by atoms with Crippen LogP contribution in [-0.4, -0.2) is 10.1 Å². The summed E-state index contributed by atoms with van der Waals surface area (Å²) >= 11 is 0. The van der Waals surface area contributed by atoms with Crippen molar-refractivity contribution >= 4 is 5.52 Å². The van der Waals surface area contributed by atoms with Gasteiger partial charge in [-0.25, -0.2) is 4.98 Å². The molecule has 4 heteroatoms. The molecule has 1 aromatic carbocycles. The number of fused-ring (bicyclic) bond motifs is 6. The van der Waals surface area contributed by atoms with Gasteiger partial charge in [-0.05, 0) is 49.1 Å². The molecule has 0 atom stereocenters. The average molecular weight is 317 g/mol. The van der Waals surface area contributed by atoms with Crippen LogP contribution in [0, 0.1) is 6.92 Å². The van der Waals surface area contributed by atoms with Gasteiger partial charge in [-0.1, -0.05) is 29.8 Å². The van der Waals surface area contributed by atoms with E-state index in [1.165, 1.54) is 27.9 Å². The molecule has 2 aromatic heterocycles. The van der Waals surface area contributed by atoms with Gasteiger partial charge in [0.2, 0.25) is 11.5 Å². The zero-order chi connectivity index (χ0) is 16.3. The van der Waals surface area contributed by atoms with Crippen molar-refractivity contribution in [1.29, 1.82) is 0 Å². The van der Waals surface area contributed by atoms with Gasteiger partial charge in [0.25, 0.3) is 5.52 Å². The summed E-state index contributed by atoms with van der Waals surface area (Å²) in [6, 6.07) is 8.05. The Hall–Kier alpha value is -2.49. The first-order valence-electron chi connectivity index (χ1n) is 8.76. The predicted molar refractivity (Wildman–Crippen MR) is 88.9 cm³/mol. The molecule has 2 aliphatic rings. The van der Waals surface area contributed by atoms with Crippen molar-refractivity contribution in [2.24, 2.45) is 0 Å². The number of aromatic nitrogens is 3. The van der Waals surface area contributed by atoms with Gasteiger partial charge in [0.1, 0.15) is 0 Å². The quantitative estimate of drug-likeness (QED) is 0.647. The second-order valence-corrected chi connectivity index (χ2v) is 6.96. The van der Waals surface area contributed by atoms with Crippen molar-refractivity contribution in [1.82, 2.24) is 10.1 Å². The third kappa shape index (κ3) is 1.89. The van der Waals surface area contributed by atoms with E-state index in [1.807, 2.05) is 28.8 Å². The molecule has 0 fully saturated rings. The Labute approximate surface area is 140 Å². The molecule has 0 N–H and O–H groups in total. The largest absolute Gasteiger partial charge is 0.854 e. The van der Waals surface area contributed by atoms with Crippen LogP contribution >= 0.6 is 0 Å². The van der Waals surface area contributed by atoms with E-state index in [1.54, 1.807) is 0 Å². The van der Waals surface area contributed by atoms with Gasteiger partial charge in [0, 0.05) is 28.2 Å². The molecule has 0 bridgehead atoms. The second kappa shape index (κ2) is 5.00. The van der Waals surface area contributed by atoms with E-state index in [4.69, 9.17) is 5.10 Å². The van der Waals surface area contributed by atoms with Crippen LogP contribution in [0.25, 0.3) is 16.9 Å². The molecular weight excluding hydrogens is 298 g/mol. The van der Waals surface area contributed by atoms with Gasteiger partial charge in [-0.2, -0.15) is 0 Å². The summed E-state index contributed by atoms with van der Waals surface area (Å²) in [4.78, 5) is 4.32. The summed E-state index contributed by atoms with van der Waals surface area (Å²) in [6.45, 7) is 2.05. The predicted octanol–water partition coefficient (Wildman–Crippen LogP) is 2.24. The molecule has 120 valence electrons.